The molecule has 0 spiro atoms. The molecule has 31 heavy (non-hydrogen) atoms. The fraction of sp³-hybridized carbons (Fsp3) is 0.130. The van der Waals surface area contributed by atoms with Crippen LogP contribution in [-0.4, -0.2) is 31.4 Å². The number of aliphatic hydroxyl groups is 1. The Morgan fingerprint density at radius 3 is 2.58 bits per heavy atom. The van der Waals surface area contributed by atoms with Crippen molar-refractivity contribution >= 4 is 0 Å². The Morgan fingerprint density at radius 1 is 1.10 bits per heavy atom. The monoisotopic (exact) mass is 412 g/mol. The van der Waals surface area contributed by atoms with Gasteiger partial charge in [-0.2, -0.15) is 10.4 Å². The lowest BCUT2D eigenvalue weighted by molar-refractivity contribution is 0.181. The van der Waals surface area contributed by atoms with Gasteiger partial charge in [-0.3, -0.25) is 9.97 Å². The second kappa shape index (κ2) is 8.75. The Bertz CT molecular complexity index is 1230. The van der Waals surface area contributed by atoms with E-state index in [-0.39, 0.29) is 6.54 Å². The van der Waals surface area contributed by atoms with Gasteiger partial charge in [0, 0.05) is 30.8 Å². The van der Waals surface area contributed by atoms with Crippen molar-refractivity contribution in [1.29, 1.82) is 5.26 Å². The zero-order chi connectivity index (χ0) is 21.8. The summed E-state index contributed by atoms with van der Waals surface area (Å²) in [7, 11) is 1.79. The van der Waals surface area contributed by atoms with E-state index in [4.69, 9.17) is 10.5 Å². The Morgan fingerprint density at radius 2 is 1.90 bits per heavy atom. The molecule has 1 atom stereocenters. The van der Waals surface area contributed by atoms with Gasteiger partial charge in [0.2, 0.25) is 5.88 Å². The summed E-state index contributed by atoms with van der Waals surface area (Å²) < 4.78 is 7.79. The molecule has 154 valence electrons. The zero-order valence-corrected chi connectivity index (χ0v) is 16.8. The lowest BCUT2D eigenvalue weighted by atomic mass is 10.1. The number of nitrogens with two attached hydrogens (primary N) is 1. The van der Waals surface area contributed by atoms with Crippen molar-refractivity contribution in [3.63, 3.8) is 0 Å². The van der Waals surface area contributed by atoms with E-state index < -0.39 is 6.10 Å². The fourth-order valence-electron chi connectivity index (χ4n) is 3.07. The summed E-state index contributed by atoms with van der Waals surface area (Å²) >= 11 is 0. The first-order valence-corrected chi connectivity index (χ1v) is 9.61. The molecule has 0 saturated carbocycles. The number of aryl methyl sites for hydroxylation is 1. The van der Waals surface area contributed by atoms with Gasteiger partial charge in [-0.25, -0.2) is 4.68 Å². The first-order valence-electron chi connectivity index (χ1n) is 9.61. The largest absolute Gasteiger partial charge is 0.439 e. The van der Waals surface area contributed by atoms with Crippen LogP contribution in [0.4, 0.5) is 0 Å². The van der Waals surface area contributed by atoms with E-state index in [0.29, 0.717) is 34.1 Å². The summed E-state index contributed by atoms with van der Waals surface area (Å²) in [5.74, 6) is 0.960. The van der Waals surface area contributed by atoms with Crippen LogP contribution in [0.5, 0.6) is 11.6 Å². The highest BCUT2D eigenvalue weighted by Crippen LogP contribution is 2.34. The Hall–Kier alpha value is -4.06. The van der Waals surface area contributed by atoms with Gasteiger partial charge in [0.15, 0.2) is 0 Å². The lowest BCUT2D eigenvalue weighted by Crippen LogP contribution is -2.13. The molecular formula is C23H20N6O2. The number of aromatic nitrogens is 4. The smallest absolute Gasteiger partial charge is 0.218 e. The van der Waals surface area contributed by atoms with Gasteiger partial charge in [-0.1, -0.05) is 30.3 Å². The van der Waals surface area contributed by atoms with E-state index >= 15 is 0 Å². The predicted octanol–water partition coefficient (Wildman–Crippen LogP) is 3.20. The highest BCUT2D eigenvalue weighted by molar-refractivity contribution is 5.69. The summed E-state index contributed by atoms with van der Waals surface area (Å²) in [5, 5.41) is 23.7. The van der Waals surface area contributed by atoms with Gasteiger partial charge in [-0.15, -0.1) is 0 Å². The molecular weight excluding hydrogens is 392 g/mol. The van der Waals surface area contributed by atoms with Gasteiger partial charge in [0.05, 0.1) is 41.1 Å². The molecule has 0 fully saturated rings. The van der Waals surface area contributed by atoms with Crippen molar-refractivity contribution < 1.29 is 9.84 Å². The van der Waals surface area contributed by atoms with Crippen molar-refractivity contribution in [3.05, 3.63) is 78.2 Å². The van der Waals surface area contributed by atoms with E-state index in [1.807, 2.05) is 36.4 Å². The second-order valence-corrected chi connectivity index (χ2v) is 6.86. The van der Waals surface area contributed by atoms with Crippen molar-refractivity contribution in [1.82, 2.24) is 19.7 Å². The molecule has 2 aromatic carbocycles. The van der Waals surface area contributed by atoms with Crippen molar-refractivity contribution in [3.8, 4) is 40.2 Å². The van der Waals surface area contributed by atoms with Gasteiger partial charge >= 0.3 is 0 Å². The van der Waals surface area contributed by atoms with Crippen LogP contribution in [0.1, 0.15) is 17.4 Å². The second-order valence-electron chi connectivity index (χ2n) is 6.86. The third kappa shape index (κ3) is 4.28. The highest BCUT2D eigenvalue weighted by Gasteiger charge is 2.15. The average molecular weight is 412 g/mol. The van der Waals surface area contributed by atoms with Crippen LogP contribution in [-0.2, 0) is 7.05 Å². The summed E-state index contributed by atoms with van der Waals surface area (Å²) in [6.07, 6.45) is 2.15. The first kappa shape index (κ1) is 20.2. The molecule has 0 aliphatic rings. The van der Waals surface area contributed by atoms with Crippen molar-refractivity contribution in [2.45, 2.75) is 6.10 Å². The Labute approximate surface area is 179 Å². The number of rotatable bonds is 6. The minimum atomic E-state index is -0.871. The summed E-state index contributed by atoms with van der Waals surface area (Å²) in [4.78, 5) is 8.63. The number of hydrogen-bond acceptors (Lipinski definition) is 7. The van der Waals surface area contributed by atoms with E-state index in [2.05, 4.69) is 21.1 Å². The third-order valence-electron chi connectivity index (χ3n) is 4.74. The standard InChI is InChI=1S/C23H20N6O2/c1-29-23(10-18(28-29)16-5-3-2-4-6-16)31-22-9-15(11-24)7-8-17(22)19-13-27-20(14-26-19)21(30)12-25/h2-10,13-14,21,30H,12,25H2,1H3. The zero-order valence-electron chi connectivity index (χ0n) is 16.8. The molecule has 2 aromatic heterocycles. The van der Waals surface area contributed by atoms with E-state index in [0.717, 1.165) is 11.3 Å². The number of hydrogen-bond donors (Lipinski definition) is 2. The number of nitriles is 1. The maximum Gasteiger partial charge on any atom is 0.218 e. The molecule has 0 aliphatic carbocycles. The molecule has 4 rings (SSSR count). The number of ether oxygens (including phenoxy) is 1. The van der Waals surface area contributed by atoms with Gasteiger partial charge in [-0.05, 0) is 18.2 Å². The first-order chi connectivity index (χ1) is 15.1. The van der Waals surface area contributed by atoms with Crippen LogP contribution >= 0.6 is 0 Å². The molecule has 0 amide bonds. The number of nitrogens with zero attached hydrogens (tertiary/aromatic N) is 5. The Kier molecular flexibility index (Phi) is 5.71. The molecule has 4 aromatic rings. The van der Waals surface area contributed by atoms with Crippen LogP contribution in [0.2, 0.25) is 0 Å². The molecule has 3 N–H and O–H groups in total. The van der Waals surface area contributed by atoms with Crippen LogP contribution in [0.15, 0.2) is 67.0 Å². The molecule has 2 heterocycles. The summed E-state index contributed by atoms with van der Waals surface area (Å²) in [6.45, 7) is 0.0590. The van der Waals surface area contributed by atoms with Gasteiger partial charge in [0.25, 0.3) is 0 Å². The minimum absolute atomic E-state index is 0.0590. The third-order valence-corrected chi connectivity index (χ3v) is 4.74. The van der Waals surface area contributed by atoms with E-state index in [9.17, 15) is 10.4 Å². The normalized spacial score (nSPS) is 11.7. The van der Waals surface area contributed by atoms with Crippen LogP contribution in [0.25, 0.3) is 22.5 Å². The van der Waals surface area contributed by atoms with Gasteiger partial charge < -0.3 is 15.6 Å². The summed E-state index contributed by atoms with van der Waals surface area (Å²) in [5.41, 5.74) is 9.26. The minimum Gasteiger partial charge on any atom is -0.439 e. The van der Waals surface area contributed by atoms with Crippen LogP contribution in [0, 0.1) is 11.3 Å². The average Bonchev–Trinajstić information content (AvgIpc) is 3.19. The van der Waals surface area contributed by atoms with Crippen molar-refractivity contribution in [2.75, 3.05) is 6.54 Å². The topological polar surface area (TPSA) is 123 Å². The summed E-state index contributed by atoms with van der Waals surface area (Å²) in [6, 6.07) is 18.8. The lowest BCUT2D eigenvalue weighted by Gasteiger charge is -2.12. The van der Waals surface area contributed by atoms with E-state index in [1.54, 1.807) is 36.1 Å². The van der Waals surface area contributed by atoms with Crippen LogP contribution < -0.4 is 10.5 Å². The quantitative estimate of drug-likeness (QED) is 0.498. The number of aliphatic hydroxyl groups excluding tert-OH is 1. The molecule has 8 heteroatoms. The SMILES string of the molecule is Cn1nc(-c2ccccc2)cc1Oc1cc(C#N)ccc1-c1cnc(C(O)CN)cn1. The van der Waals surface area contributed by atoms with Gasteiger partial charge in [0.1, 0.15) is 11.9 Å². The van der Waals surface area contributed by atoms with Crippen molar-refractivity contribution in [2.24, 2.45) is 12.8 Å². The molecule has 0 saturated heterocycles. The molecule has 0 radical (unpaired) electrons. The highest BCUT2D eigenvalue weighted by atomic mass is 16.5. The number of benzene rings is 2. The predicted molar refractivity (Wildman–Crippen MR) is 115 cm³/mol. The fourth-order valence-corrected chi connectivity index (χ4v) is 3.07. The molecule has 0 bridgehead atoms. The maximum atomic E-state index is 9.84. The van der Waals surface area contributed by atoms with E-state index in [1.165, 1.54) is 6.20 Å². The van der Waals surface area contributed by atoms with Crippen LogP contribution in [0.3, 0.4) is 0 Å². The molecule has 8 nitrogen and oxygen atoms in total. The maximum absolute atomic E-state index is 9.84. The Balaban J connectivity index is 1.70. The molecule has 0 aliphatic heterocycles. The molecule has 1 unspecified atom stereocenters.